The summed E-state index contributed by atoms with van der Waals surface area (Å²) in [7, 11) is 4.00. The molecule has 0 saturated carbocycles. The summed E-state index contributed by atoms with van der Waals surface area (Å²) in [6.07, 6.45) is 2.70. The van der Waals surface area contributed by atoms with Crippen LogP contribution in [0, 0.1) is 11.8 Å². The van der Waals surface area contributed by atoms with E-state index in [0.29, 0.717) is 0 Å². The molecule has 0 aromatic heterocycles. The van der Waals surface area contributed by atoms with Crippen molar-refractivity contribution in [2.75, 3.05) is 33.9 Å². The van der Waals surface area contributed by atoms with Crippen molar-refractivity contribution in [1.29, 1.82) is 0 Å². The summed E-state index contributed by atoms with van der Waals surface area (Å²) in [6, 6.07) is 0. The van der Waals surface area contributed by atoms with Gasteiger partial charge in [0.15, 0.2) is 0 Å². The van der Waals surface area contributed by atoms with Gasteiger partial charge >= 0.3 is 0 Å². The molecule has 2 heteroatoms. The highest BCUT2D eigenvalue weighted by Gasteiger charge is 2.21. The lowest BCUT2D eigenvalue weighted by Crippen LogP contribution is -2.33. The highest BCUT2D eigenvalue weighted by Crippen LogP contribution is 2.24. The molecular formula is C10H21NO. The largest absolute Gasteiger partial charge is 0.384 e. The predicted octanol–water partition coefficient (Wildman–Crippen LogP) is 1.61. The van der Waals surface area contributed by atoms with Gasteiger partial charge in [-0.25, -0.2) is 0 Å². The smallest absolute Gasteiger partial charge is 0.0490 e. The van der Waals surface area contributed by atoms with Crippen LogP contribution in [0.3, 0.4) is 0 Å². The molecule has 0 spiro atoms. The zero-order valence-electron chi connectivity index (χ0n) is 8.55. The number of hydrogen-bond donors (Lipinski definition) is 0. The van der Waals surface area contributed by atoms with Crippen molar-refractivity contribution in [3.8, 4) is 0 Å². The molecule has 1 rings (SSSR count). The van der Waals surface area contributed by atoms with E-state index in [4.69, 9.17) is 4.74 Å². The van der Waals surface area contributed by atoms with Crippen LogP contribution in [0.5, 0.6) is 0 Å². The van der Waals surface area contributed by atoms with Crippen LogP contribution in [0.4, 0.5) is 0 Å². The zero-order valence-corrected chi connectivity index (χ0v) is 8.55. The number of rotatable bonds is 3. The van der Waals surface area contributed by atoms with E-state index in [2.05, 4.69) is 18.9 Å². The average Bonchev–Trinajstić information content (AvgIpc) is 2.06. The Morgan fingerprint density at radius 2 is 2.00 bits per heavy atom. The molecule has 0 amide bonds. The van der Waals surface area contributed by atoms with E-state index in [0.717, 1.165) is 18.4 Å². The second kappa shape index (κ2) is 4.83. The van der Waals surface area contributed by atoms with Crippen molar-refractivity contribution < 1.29 is 4.74 Å². The molecule has 1 saturated heterocycles. The molecule has 2 nitrogen and oxygen atoms in total. The fourth-order valence-electron chi connectivity index (χ4n) is 2.00. The van der Waals surface area contributed by atoms with E-state index in [9.17, 15) is 0 Å². The van der Waals surface area contributed by atoms with E-state index in [1.165, 1.54) is 25.9 Å². The van der Waals surface area contributed by atoms with Crippen molar-refractivity contribution >= 4 is 0 Å². The van der Waals surface area contributed by atoms with Crippen LogP contribution in [0.1, 0.15) is 19.8 Å². The molecule has 1 unspecified atom stereocenters. The van der Waals surface area contributed by atoms with Crippen LogP contribution in [-0.4, -0.2) is 38.8 Å². The highest BCUT2D eigenvalue weighted by atomic mass is 16.5. The van der Waals surface area contributed by atoms with Crippen molar-refractivity contribution in [2.24, 2.45) is 11.8 Å². The lowest BCUT2D eigenvalue weighted by molar-refractivity contribution is 0.0975. The summed E-state index contributed by atoms with van der Waals surface area (Å²) < 4.78 is 5.17. The van der Waals surface area contributed by atoms with Crippen molar-refractivity contribution in [3.63, 3.8) is 0 Å². The Bertz CT molecular complexity index is 119. The van der Waals surface area contributed by atoms with Crippen LogP contribution >= 0.6 is 0 Å². The molecule has 1 atom stereocenters. The Morgan fingerprint density at radius 1 is 1.42 bits per heavy atom. The molecule has 0 bridgehead atoms. The van der Waals surface area contributed by atoms with Crippen LogP contribution in [0.15, 0.2) is 0 Å². The maximum atomic E-state index is 5.17. The topological polar surface area (TPSA) is 12.5 Å². The number of nitrogens with zero attached hydrogens (tertiary/aromatic N) is 1. The molecule has 1 aliphatic rings. The minimum Gasteiger partial charge on any atom is -0.384 e. The van der Waals surface area contributed by atoms with Crippen molar-refractivity contribution in [2.45, 2.75) is 19.8 Å². The van der Waals surface area contributed by atoms with E-state index in [1.807, 2.05) is 0 Å². The van der Waals surface area contributed by atoms with E-state index in [1.54, 1.807) is 7.11 Å². The SMILES string of the molecule is COCC(C)C1CCN(C)CC1. The van der Waals surface area contributed by atoms with Crippen LogP contribution in [-0.2, 0) is 4.74 Å². The van der Waals surface area contributed by atoms with Crippen LogP contribution < -0.4 is 0 Å². The van der Waals surface area contributed by atoms with Gasteiger partial charge in [-0.1, -0.05) is 6.92 Å². The fraction of sp³-hybridized carbons (Fsp3) is 1.00. The van der Waals surface area contributed by atoms with Gasteiger partial charge in [0.2, 0.25) is 0 Å². The standard InChI is InChI=1S/C10H21NO/c1-9(8-12-3)10-4-6-11(2)7-5-10/h9-10H,4-8H2,1-3H3. The Balaban J connectivity index is 2.24. The molecule has 0 aromatic rings. The van der Waals surface area contributed by atoms with Gasteiger partial charge in [0, 0.05) is 13.7 Å². The fourth-order valence-corrected chi connectivity index (χ4v) is 2.00. The third-order valence-corrected chi connectivity index (χ3v) is 3.00. The molecule has 1 heterocycles. The number of likely N-dealkylation sites (tertiary alicyclic amines) is 1. The number of methoxy groups -OCH3 is 1. The van der Waals surface area contributed by atoms with Gasteiger partial charge in [-0.05, 0) is 44.8 Å². The van der Waals surface area contributed by atoms with Gasteiger partial charge in [-0.2, -0.15) is 0 Å². The predicted molar refractivity (Wildman–Crippen MR) is 51.3 cm³/mol. The highest BCUT2D eigenvalue weighted by molar-refractivity contribution is 4.73. The maximum absolute atomic E-state index is 5.17. The minimum absolute atomic E-state index is 0.740. The second-order valence-corrected chi connectivity index (χ2v) is 4.07. The van der Waals surface area contributed by atoms with Gasteiger partial charge in [0.1, 0.15) is 0 Å². The molecule has 0 aliphatic carbocycles. The van der Waals surface area contributed by atoms with Gasteiger partial charge in [0.25, 0.3) is 0 Å². The average molecular weight is 171 g/mol. The molecule has 72 valence electrons. The van der Waals surface area contributed by atoms with E-state index in [-0.39, 0.29) is 0 Å². The summed E-state index contributed by atoms with van der Waals surface area (Å²) in [6.45, 7) is 5.76. The van der Waals surface area contributed by atoms with E-state index < -0.39 is 0 Å². The first-order valence-electron chi connectivity index (χ1n) is 4.91. The maximum Gasteiger partial charge on any atom is 0.0490 e. The molecule has 1 aliphatic heterocycles. The van der Waals surface area contributed by atoms with Crippen molar-refractivity contribution in [3.05, 3.63) is 0 Å². The third-order valence-electron chi connectivity index (χ3n) is 3.00. The van der Waals surface area contributed by atoms with Gasteiger partial charge in [-0.3, -0.25) is 0 Å². The number of piperidine rings is 1. The molecule has 0 N–H and O–H groups in total. The first kappa shape index (κ1) is 10.0. The summed E-state index contributed by atoms with van der Waals surface area (Å²) >= 11 is 0. The summed E-state index contributed by atoms with van der Waals surface area (Å²) in [5.74, 6) is 1.63. The molecule has 0 aromatic carbocycles. The normalized spacial score (nSPS) is 24.2. The molecule has 0 radical (unpaired) electrons. The lowest BCUT2D eigenvalue weighted by Gasteiger charge is -2.32. The van der Waals surface area contributed by atoms with E-state index >= 15 is 0 Å². The second-order valence-electron chi connectivity index (χ2n) is 4.07. The summed E-state index contributed by atoms with van der Waals surface area (Å²) in [4.78, 5) is 2.41. The van der Waals surface area contributed by atoms with Gasteiger partial charge in [0.05, 0.1) is 0 Å². The number of hydrogen-bond acceptors (Lipinski definition) is 2. The number of ether oxygens (including phenoxy) is 1. The third kappa shape index (κ3) is 2.76. The van der Waals surface area contributed by atoms with Crippen LogP contribution in [0.2, 0.25) is 0 Å². The quantitative estimate of drug-likeness (QED) is 0.639. The molecule has 1 fully saturated rings. The Hall–Kier alpha value is -0.0800. The van der Waals surface area contributed by atoms with Crippen LogP contribution in [0.25, 0.3) is 0 Å². The first-order valence-corrected chi connectivity index (χ1v) is 4.91. The van der Waals surface area contributed by atoms with Gasteiger partial charge < -0.3 is 9.64 Å². The summed E-state index contributed by atoms with van der Waals surface area (Å²) in [5.41, 5.74) is 0. The Kier molecular flexibility index (Phi) is 4.02. The Labute approximate surface area is 75.9 Å². The van der Waals surface area contributed by atoms with Crippen molar-refractivity contribution in [1.82, 2.24) is 4.90 Å². The monoisotopic (exact) mass is 171 g/mol. The zero-order chi connectivity index (χ0) is 8.97. The lowest BCUT2D eigenvalue weighted by atomic mass is 9.86. The summed E-state index contributed by atoms with van der Waals surface area (Å²) in [5, 5.41) is 0. The molecular weight excluding hydrogens is 150 g/mol. The Morgan fingerprint density at radius 3 is 2.50 bits per heavy atom. The minimum atomic E-state index is 0.740. The molecule has 12 heavy (non-hydrogen) atoms. The van der Waals surface area contributed by atoms with Gasteiger partial charge in [-0.15, -0.1) is 0 Å². The first-order chi connectivity index (χ1) is 5.74.